The van der Waals surface area contributed by atoms with E-state index in [1.807, 2.05) is 19.9 Å². The fourth-order valence-electron chi connectivity index (χ4n) is 1.50. The molecular weight excluding hydrogens is 259 g/mol. The van der Waals surface area contributed by atoms with Crippen molar-refractivity contribution in [1.82, 2.24) is 5.32 Å². The van der Waals surface area contributed by atoms with Crippen molar-refractivity contribution in [2.24, 2.45) is 5.73 Å². The van der Waals surface area contributed by atoms with Gasteiger partial charge in [-0.2, -0.15) is 0 Å². The van der Waals surface area contributed by atoms with E-state index in [0.717, 1.165) is 5.56 Å². The molecule has 1 aromatic rings. The molecule has 0 saturated heterocycles. The normalized spacial score (nSPS) is 11.5. The highest BCUT2D eigenvalue weighted by molar-refractivity contribution is 6.35. The molecule has 0 saturated carbocycles. The largest absolute Gasteiger partial charge is 0.370 e. The molecule has 0 aliphatic heterocycles. The van der Waals surface area contributed by atoms with Gasteiger partial charge in [-0.05, 0) is 31.5 Å². The first-order valence-electron chi connectivity index (χ1n) is 5.27. The summed E-state index contributed by atoms with van der Waals surface area (Å²) in [5.41, 5.74) is 5.76. The van der Waals surface area contributed by atoms with Gasteiger partial charge in [0, 0.05) is 28.5 Å². The first-order chi connectivity index (χ1) is 7.80. The van der Waals surface area contributed by atoms with Crippen LogP contribution in [0.5, 0.6) is 0 Å². The number of hydrogen-bond donors (Lipinski definition) is 2. The molecular formula is C12H16Cl2N2O. The van der Waals surface area contributed by atoms with Crippen molar-refractivity contribution in [2.45, 2.75) is 32.4 Å². The van der Waals surface area contributed by atoms with Gasteiger partial charge in [0.25, 0.3) is 0 Å². The zero-order valence-corrected chi connectivity index (χ0v) is 11.4. The Balaban J connectivity index is 2.64. The van der Waals surface area contributed by atoms with Gasteiger partial charge in [-0.25, -0.2) is 0 Å². The lowest BCUT2D eigenvalue weighted by Crippen LogP contribution is -2.42. The van der Waals surface area contributed by atoms with Gasteiger partial charge in [-0.3, -0.25) is 4.79 Å². The Kier molecular flexibility index (Phi) is 4.80. The van der Waals surface area contributed by atoms with E-state index in [4.69, 9.17) is 28.9 Å². The summed E-state index contributed by atoms with van der Waals surface area (Å²) in [6.07, 6.45) is 0.276. The van der Waals surface area contributed by atoms with E-state index in [2.05, 4.69) is 5.32 Å². The van der Waals surface area contributed by atoms with E-state index in [1.54, 1.807) is 12.1 Å². The highest BCUT2D eigenvalue weighted by Crippen LogP contribution is 2.21. The molecule has 1 aromatic carbocycles. The third kappa shape index (κ3) is 4.94. The first-order valence-corrected chi connectivity index (χ1v) is 6.03. The SMILES string of the molecule is CC(C)(CC(N)=O)NCc1ccc(Cl)cc1Cl. The Morgan fingerprint density at radius 2 is 2.06 bits per heavy atom. The van der Waals surface area contributed by atoms with Crippen LogP contribution in [0.4, 0.5) is 0 Å². The van der Waals surface area contributed by atoms with Gasteiger partial charge >= 0.3 is 0 Å². The third-order valence-electron chi connectivity index (χ3n) is 2.39. The first kappa shape index (κ1) is 14.3. The van der Waals surface area contributed by atoms with E-state index in [1.165, 1.54) is 0 Å². The molecule has 3 nitrogen and oxygen atoms in total. The molecule has 0 aliphatic carbocycles. The number of carbonyl (C=O) groups excluding carboxylic acids is 1. The summed E-state index contributed by atoms with van der Waals surface area (Å²) in [6, 6.07) is 5.34. The van der Waals surface area contributed by atoms with Gasteiger partial charge in [-0.1, -0.05) is 29.3 Å². The summed E-state index contributed by atoms with van der Waals surface area (Å²) in [5.74, 6) is -0.329. The second-order valence-electron chi connectivity index (χ2n) is 4.62. The topological polar surface area (TPSA) is 55.1 Å². The van der Waals surface area contributed by atoms with Gasteiger partial charge in [0.2, 0.25) is 5.91 Å². The standard InChI is InChI=1S/C12H16Cl2N2O/c1-12(2,6-11(15)17)16-7-8-3-4-9(13)5-10(8)14/h3-5,16H,6-7H2,1-2H3,(H2,15,17). The Morgan fingerprint density at radius 1 is 1.41 bits per heavy atom. The zero-order valence-electron chi connectivity index (χ0n) is 9.89. The average Bonchev–Trinajstić information content (AvgIpc) is 2.14. The highest BCUT2D eigenvalue weighted by Gasteiger charge is 2.19. The van der Waals surface area contributed by atoms with E-state index in [-0.39, 0.29) is 17.9 Å². The molecule has 3 N–H and O–H groups in total. The zero-order chi connectivity index (χ0) is 13.1. The maximum absolute atomic E-state index is 10.9. The second-order valence-corrected chi connectivity index (χ2v) is 5.46. The fourth-order valence-corrected chi connectivity index (χ4v) is 1.97. The lowest BCUT2D eigenvalue weighted by atomic mass is 10.00. The van der Waals surface area contributed by atoms with Gasteiger partial charge in [0.05, 0.1) is 0 Å². The molecule has 1 rings (SSSR count). The molecule has 0 bridgehead atoms. The summed E-state index contributed by atoms with van der Waals surface area (Å²) in [6.45, 7) is 4.40. The molecule has 0 aromatic heterocycles. The molecule has 0 aliphatic rings. The summed E-state index contributed by atoms with van der Waals surface area (Å²) >= 11 is 11.9. The van der Waals surface area contributed by atoms with Gasteiger partial charge < -0.3 is 11.1 Å². The number of rotatable bonds is 5. The molecule has 0 radical (unpaired) electrons. The Morgan fingerprint density at radius 3 is 2.59 bits per heavy atom. The van der Waals surface area contributed by atoms with Gasteiger partial charge in [-0.15, -0.1) is 0 Å². The van der Waals surface area contributed by atoms with Crippen molar-refractivity contribution >= 4 is 29.1 Å². The fraction of sp³-hybridized carbons (Fsp3) is 0.417. The number of halogens is 2. The molecule has 17 heavy (non-hydrogen) atoms. The van der Waals surface area contributed by atoms with Crippen molar-refractivity contribution in [2.75, 3.05) is 0 Å². The molecule has 0 heterocycles. The number of benzene rings is 1. The van der Waals surface area contributed by atoms with E-state index in [9.17, 15) is 4.79 Å². The quantitative estimate of drug-likeness (QED) is 0.868. The van der Waals surface area contributed by atoms with Crippen LogP contribution in [0.15, 0.2) is 18.2 Å². The monoisotopic (exact) mass is 274 g/mol. The summed E-state index contributed by atoms with van der Waals surface area (Å²) in [5, 5.41) is 4.46. The van der Waals surface area contributed by atoms with Crippen molar-refractivity contribution in [3.8, 4) is 0 Å². The molecule has 0 fully saturated rings. The minimum Gasteiger partial charge on any atom is -0.370 e. The minimum absolute atomic E-state index is 0.276. The summed E-state index contributed by atoms with van der Waals surface area (Å²) < 4.78 is 0. The number of primary amides is 1. The van der Waals surface area contributed by atoms with Crippen LogP contribution in [0.1, 0.15) is 25.8 Å². The Labute approximate surface area is 111 Å². The molecule has 5 heteroatoms. The van der Waals surface area contributed by atoms with Crippen LogP contribution in [0.3, 0.4) is 0 Å². The van der Waals surface area contributed by atoms with Crippen molar-refractivity contribution in [3.05, 3.63) is 33.8 Å². The van der Waals surface area contributed by atoms with Crippen LogP contribution in [0.25, 0.3) is 0 Å². The number of nitrogens with two attached hydrogens (primary N) is 1. The third-order valence-corrected chi connectivity index (χ3v) is 2.98. The van der Waals surface area contributed by atoms with Gasteiger partial charge in [0.1, 0.15) is 0 Å². The van der Waals surface area contributed by atoms with Crippen LogP contribution in [-0.2, 0) is 11.3 Å². The van der Waals surface area contributed by atoms with Gasteiger partial charge in [0.15, 0.2) is 0 Å². The van der Waals surface area contributed by atoms with E-state index in [0.29, 0.717) is 16.6 Å². The molecule has 0 atom stereocenters. The van der Waals surface area contributed by atoms with Crippen molar-refractivity contribution < 1.29 is 4.79 Å². The molecule has 94 valence electrons. The summed E-state index contributed by atoms with van der Waals surface area (Å²) in [4.78, 5) is 10.9. The smallest absolute Gasteiger partial charge is 0.219 e. The second kappa shape index (κ2) is 5.71. The summed E-state index contributed by atoms with van der Waals surface area (Å²) in [7, 11) is 0. The van der Waals surface area contributed by atoms with Crippen LogP contribution in [-0.4, -0.2) is 11.4 Å². The van der Waals surface area contributed by atoms with Crippen LogP contribution >= 0.6 is 23.2 Å². The number of amides is 1. The molecule has 0 spiro atoms. The predicted molar refractivity (Wildman–Crippen MR) is 71.2 cm³/mol. The van der Waals surface area contributed by atoms with Crippen LogP contribution in [0.2, 0.25) is 10.0 Å². The van der Waals surface area contributed by atoms with Crippen LogP contribution < -0.4 is 11.1 Å². The number of hydrogen-bond acceptors (Lipinski definition) is 2. The van der Waals surface area contributed by atoms with E-state index < -0.39 is 0 Å². The van der Waals surface area contributed by atoms with Crippen molar-refractivity contribution in [1.29, 1.82) is 0 Å². The highest BCUT2D eigenvalue weighted by atomic mass is 35.5. The number of nitrogens with one attached hydrogen (secondary N) is 1. The molecule has 1 amide bonds. The minimum atomic E-state index is -0.352. The lowest BCUT2D eigenvalue weighted by Gasteiger charge is -2.25. The lowest BCUT2D eigenvalue weighted by molar-refractivity contribution is -0.119. The average molecular weight is 275 g/mol. The Hall–Kier alpha value is -0.770. The predicted octanol–water partition coefficient (Wildman–Crippen LogP) is 2.74. The maximum atomic E-state index is 10.9. The molecule has 0 unspecified atom stereocenters. The van der Waals surface area contributed by atoms with Crippen molar-refractivity contribution in [3.63, 3.8) is 0 Å². The van der Waals surface area contributed by atoms with E-state index >= 15 is 0 Å². The Bertz CT molecular complexity index is 419. The maximum Gasteiger partial charge on any atom is 0.219 e. The number of carbonyl (C=O) groups is 1. The van der Waals surface area contributed by atoms with Crippen LogP contribution in [0, 0.1) is 0 Å².